The molecule has 0 spiro atoms. The molecule has 1 heterocycles. The number of carbonyl (C=O) groups is 1. The van der Waals surface area contributed by atoms with Gasteiger partial charge in [-0.15, -0.1) is 0 Å². The van der Waals surface area contributed by atoms with Crippen LogP contribution in [0.3, 0.4) is 0 Å². The van der Waals surface area contributed by atoms with Gasteiger partial charge in [0, 0.05) is 35.1 Å². The molecule has 0 aliphatic carbocycles. The van der Waals surface area contributed by atoms with E-state index >= 15 is 0 Å². The number of benzene rings is 2. The maximum Gasteiger partial charge on any atom is 0.255 e. The average molecular weight is 409 g/mol. The smallest absolute Gasteiger partial charge is 0.255 e. The molecule has 1 saturated heterocycles. The monoisotopic (exact) mass is 408 g/mol. The number of amides is 1. The van der Waals surface area contributed by atoms with Crippen LogP contribution >= 0.6 is 11.6 Å². The fourth-order valence-corrected chi connectivity index (χ4v) is 3.68. The van der Waals surface area contributed by atoms with E-state index in [9.17, 15) is 18.7 Å². The number of hydrogen-bond acceptors (Lipinski definition) is 3. The zero-order valence-corrected chi connectivity index (χ0v) is 16.3. The molecule has 2 N–H and O–H groups in total. The second kappa shape index (κ2) is 8.88. The summed E-state index contributed by atoms with van der Waals surface area (Å²) in [5.74, 6) is -0.972. The number of aliphatic hydroxyl groups excluding tert-OH is 1. The van der Waals surface area contributed by atoms with Gasteiger partial charge >= 0.3 is 0 Å². The highest BCUT2D eigenvalue weighted by Crippen LogP contribution is 2.30. The van der Waals surface area contributed by atoms with Gasteiger partial charge in [-0.3, -0.25) is 4.79 Å². The van der Waals surface area contributed by atoms with E-state index < -0.39 is 24.5 Å². The maximum absolute atomic E-state index is 13.6. The molecule has 1 aliphatic rings. The standard InChI is InChI=1S/C21H23ClF2N2O2/c1-13-3-2-4-17(27)12-26(13)20-9-14(5-6-15(20)11-23)21(28)25-16-7-8-19(24)18(22)10-16/h5-10,13,17,27H,2-4,11-12H2,1H3,(H,25,28). The van der Waals surface area contributed by atoms with Gasteiger partial charge in [0.15, 0.2) is 0 Å². The summed E-state index contributed by atoms with van der Waals surface area (Å²) in [4.78, 5) is 14.6. The molecule has 28 heavy (non-hydrogen) atoms. The van der Waals surface area contributed by atoms with Crippen LogP contribution in [0.2, 0.25) is 5.02 Å². The second-order valence-corrected chi connectivity index (χ2v) is 7.55. The summed E-state index contributed by atoms with van der Waals surface area (Å²) in [5.41, 5.74) is 1.80. The number of anilines is 2. The first-order valence-electron chi connectivity index (χ1n) is 9.29. The summed E-state index contributed by atoms with van der Waals surface area (Å²) < 4.78 is 26.9. The van der Waals surface area contributed by atoms with E-state index in [2.05, 4.69) is 5.32 Å². The molecule has 4 nitrogen and oxygen atoms in total. The lowest BCUT2D eigenvalue weighted by Crippen LogP contribution is -2.37. The Morgan fingerprint density at radius 3 is 2.79 bits per heavy atom. The Morgan fingerprint density at radius 2 is 2.07 bits per heavy atom. The van der Waals surface area contributed by atoms with Crippen LogP contribution in [0.4, 0.5) is 20.2 Å². The third-order valence-electron chi connectivity index (χ3n) is 5.08. The van der Waals surface area contributed by atoms with Crippen LogP contribution in [0.25, 0.3) is 0 Å². The van der Waals surface area contributed by atoms with Gasteiger partial charge in [-0.1, -0.05) is 17.7 Å². The summed E-state index contributed by atoms with van der Waals surface area (Å²) in [6, 6.07) is 8.84. The summed E-state index contributed by atoms with van der Waals surface area (Å²) >= 11 is 5.76. The van der Waals surface area contributed by atoms with Crippen LogP contribution < -0.4 is 10.2 Å². The minimum absolute atomic E-state index is 0.0846. The molecule has 0 aromatic heterocycles. The zero-order chi connectivity index (χ0) is 20.3. The van der Waals surface area contributed by atoms with Crippen LogP contribution in [0, 0.1) is 5.82 Å². The Hall–Kier alpha value is -2.18. The Balaban J connectivity index is 1.89. The highest BCUT2D eigenvalue weighted by atomic mass is 35.5. The van der Waals surface area contributed by atoms with Crippen molar-refractivity contribution in [2.45, 2.75) is 45.0 Å². The molecule has 150 valence electrons. The first-order valence-corrected chi connectivity index (χ1v) is 9.67. The van der Waals surface area contributed by atoms with Gasteiger partial charge in [0.1, 0.15) is 12.5 Å². The molecule has 0 bridgehead atoms. The molecule has 0 saturated carbocycles. The van der Waals surface area contributed by atoms with E-state index in [1.54, 1.807) is 18.2 Å². The number of alkyl halides is 1. The van der Waals surface area contributed by atoms with Gasteiger partial charge in [0.05, 0.1) is 11.1 Å². The van der Waals surface area contributed by atoms with E-state index in [0.717, 1.165) is 12.8 Å². The largest absolute Gasteiger partial charge is 0.391 e. The van der Waals surface area contributed by atoms with Crippen molar-refractivity contribution in [1.29, 1.82) is 0 Å². The predicted molar refractivity (Wildman–Crippen MR) is 107 cm³/mol. The number of β-amino-alcohol motifs (C(OH)–C–C–N with tert-alkyl or cyclic N) is 1. The van der Waals surface area contributed by atoms with Crippen molar-refractivity contribution in [3.63, 3.8) is 0 Å². The number of carbonyl (C=O) groups excluding carboxylic acids is 1. The zero-order valence-electron chi connectivity index (χ0n) is 15.6. The second-order valence-electron chi connectivity index (χ2n) is 7.15. The SMILES string of the molecule is CC1CCCC(O)CN1c1cc(C(=O)Nc2ccc(F)c(Cl)c2)ccc1CF. The molecule has 0 radical (unpaired) electrons. The molecule has 1 aliphatic heterocycles. The summed E-state index contributed by atoms with van der Waals surface area (Å²) in [7, 11) is 0. The summed E-state index contributed by atoms with van der Waals surface area (Å²) in [6.07, 6.45) is 2.00. The molecule has 2 unspecified atom stereocenters. The Bertz CT molecular complexity index is 862. The molecule has 2 aromatic rings. The fraction of sp³-hybridized carbons (Fsp3) is 0.381. The minimum atomic E-state index is -0.663. The predicted octanol–water partition coefficient (Wildman–Crippen LogP) is 4.94. The molecular weight excluding hydrogens is 386 g/mol. The van der Waals surface area contributed by atoms with Crippen LogP contribution in [0.5, 0.6) is 0 Å². The average Bonchev–Trinajstić information content (AvgIpc) is 2.84. The number of nitrogens with zero attached hydrogens (tertiary/aromatic N) is 1. The summed E-state index contributed by atoms with van der Waals surface area (Å²) in [6.45, 7) is 1.77. The molecule has 7 heteroatoms. The van der Waals surface area contributed by atoms with Crippen LogP contribution in [-0.4, -0.2) is 29.7 Å². The van der Waals surface area contributed by atoms with E-state index in [1.165, 1.54) is 18.2 Å². The normalized spacial score (nSPS) is 20.0. The van der Waals surface area contributed by atoms with Crippen molar-refractivity contribution in [2.24, 2.45) is 0 Å². The molecule has 1 amide bonds. The van der Waals surface area contributed by atoms with E-state index in [0.29, 0.717) is 35.5 Å². The number of halogens is 3. The highest BCUT2D eigenvalue weighted by Gasteiger charge is 2.25. The van der Waals surface area contributed by atoms with Crippen LogP contribution in [0.15, 0.2) is 36.4 Å². The third kappa shape index (κ3) is 4.62. The van der Waals surface area contributed by atoms with Crippen molar-refractivity contribution in [2.75, 3.05) is 16.8 Å². The van der Waals surface area contributed by atoms with Crippen molar-refractivity contribution in [3.05, 3.63) is 58.4 Å². The first-order chi connectivity index (χ1) is 13.4. The lowest BCUT2D eigenvalue weighted by atomic mass is 10.1. The minimum Gasteiger partial charge on any atom is -0.391 e. The van der Waals surface area contributed by atoms with Crippen LogP contribution in [-0.2, 0) is 6.67 Å². The number of nitrogens with one attached hydrogen (secondary N) is 1. The quantitative estimate of drug-likeness (QED) is 0.753. The lowest BCUT2D eigenvalue weighted by Gasteiger charge is -2.32. The molecular formula is C21H23ClF2N2O2. The fourth-order valence-electron chi connectivity index (χ4n) is 3.50. The summed E-state index contributed by atoms with van der Waals surface area (Å²) in [5, 5.41) is 12.8. The van der Waals surface area contributed by atoms with Gasteiger partial charge in [-0.25, -0.2) is 8.78 Å². The Morgan fingerprint density at radius 1 is 1.29 bits per heavy atom. The molecule has 1 fully saturated rings. The molecule has 2 atom stereocenters. The van der Waals surface area contributed by atoms with E-state index in [1.807, 2.05) is 11.8 Å². The Labute approximate surface area is 168 Å². The van der Waals surface area contributed by atoms with Gasteiger partial charge in [0.25, 0.3) is 5.91 Å². The van der Waals surface area contributed by atoms with Gasteiger partial charge in [-0.05, 0) is 56.5 Å². The number of hydrogen-bond donors (Lipinski definition) is 2. The van der Waals surface area contributed by atoms with Gasteiger partial charge in [0.2, 0.25) is 0 Å². The van der Waals surface area contributed by atoms with E-state index in [4.69, 9.17) is 11.6 Å². The third-order valence-corrected chi connectivity index (χ3v) is 5.37. The number of aliphatic hydroxyl groups is 1. The topological polar surface area (TPSA) is 52.6 Å². The molecule has 2 aromatic carbocycles. The first kappa shape index (κ1) is 20.6. The maximum atomic E-state index is 13.6. The number of rotatable bonds is 4. The molecule has 3 rings (SSSR count). The van der Waals surface area contributed by atoms with Crippen molar-refractivity contribution in [1.82, 2.24) is 0 Å². The van der Waals surface area contributed by atoms with Crippen molar-refractivity contribution < 1.29 is 18.7 Å². The van der Waals surface area contributed by atoms with Gasteiger partial charge < -0.3 is 15.3 Å². The Kier molecular flexibility index (Phi) is 6.52. The van der Waals surface area contributed by atoms with Crippen molar-refractivity contribution >= 4 is 28.9 Å². The van der Waals surface area contributed by atoms with Crippen LogP contribution in [0.1, 0.15) is 42.1 Å². The lowest BCUT2D eigenvalue weighted by molar-refractivity contribution is 0.102. The van der Waals surface area contributed by atoms with Gasteiger partial charge in [-0.2, -0.15) is 0 Å². The highest BCUT2D eigenvalue weighted by molar-refractivity contribution is 6.31. The van der Waals surface area contributed by atoms with Crippen molar-refractivity contribution in [3.8, 4) is 0 Å². The van der Waals surface area contributed by atoms with E-state index in [-0.39, 0.29) is 11.1 Å².